The Balaban J connectivity index is 1.93. The second kappa shape index (κ2) is 8.29. The van der Waals surface area contributed by atoms with Crippen molar-refractivity contribution in [2.75, 3.05) is 20.2 Å². The molecule has 128 valence electrons. The molecule has 0 aliphatic heterocycles. The minimum absolute atomic E-state index is 0.178. The third-order valence-corrected chi connectivity index (χ3v) is 5.42. The summed E-state index contributed by atoms with van der Waals surface area (Å²) in [6.45, 7) is 0.360. The SMILES string of the molecule is CN(CCOc1ccc(C#N)cc1)S(=O)(=O)Cc1ccccc1C#N. The number of sulfonamides is 1. The van der Waals surface area contributed by atoms with Gasteiger partial charge in [0.15, 0.2) is 0 Å². The molecule has 0 spiro atoms. The van der Waals surface area contributed by atoms with Crippen molar-refractivity contribution in [3.63, 3.8) is 0 Å². The summed E-state index contributed by atoms with van der Waals surface area (Å²) in [6, 6.07) is 17.2. The topological polar surface area (TPSA) is 94.2 Å². The number of likely N-dealkylation sites (N-methyl/N-ethyl adjacent to an activating group) is 1. The summed E-state index contributed by atoms with van der Waals surface area (Å²) in [7, 11) is -2.07. The molecule has 2 aromatic carbocycles. The van der Waals surface area contributed by atoms with E-state index in [-0.39, 0.29) is 18.9 Å². The van der Waals surface area contributed by atoms with Crippen LogP contribution >= 0.6 is 0 Å². The molecular formula is C18H17N3O3S. The Morgan fingerprint density at radius 1 is 1.04 bits per heavy atom. The van der Waals surface area contributed by atoms with Gasteiger partial charge in [-0.15, -0.1) is 0 Å². The molecule has 25 heavy (non-hydrogen) atoms. The van der Waals surface area contributed by atoms with Crippen molar-refractivity contribution in [3.05, 3.63) is 65.2 Å². The molecule has 2 rings (SSSR count). The van der Waals surface area contributed by atoms with Crippen LogP contribution in [0.15, 0.2) is 48.5 Å². The molecule has 0 saturated heterocycles. The highest BCUT2D eigenvalue weighted by molar-refractivity contribution is 7.88. The number of ether oxygens (including phenoxy) is 1. The van der Waals surface area contributed by atoms with Crippen molar-refractivity contribution in [1.82, 2.24) is 4.31 Å². The minimum Gasteiger partial charge on any atom is -0.492 e. The van der Waals surface area contributed by atoms with Crippen LogP contribution in [0.4, 0.5) is 0 Å². The zero-order chi connectivity index (χ0) is 18.3. The lowest BCUT2D eigenvalue weighted by atomic mass is 10.1. The molecule has 7 heteroatoms. The quantitative estimate of drug-likeness (QED) is 0.759. The molecule has 0 saturated carbocycles. The summed E-state index contributed by atoms with van der Waals surface area (Å²) in [6.07, 6.45) is 0. The van der Waals surface area contributed by atoms with Gasteiger partial charge in [0.25, 0.3) is 0 Å². The van der Waals surface area contributed by atoms with E-state index in [9.17, 15) is 8.42 Å². The van der Waals surface area contributed by atoms with E-state index in [1.807, 2.05) is 12.1 Å². The van der Waals surface area contributed by atoms with E-state index >= 15 is 0 Å². The number of rotatable bonds is 7. The summed E-state index contributed by atoms with van der Waals surface area (Å²) >= 11 is 0. The Kier molecular flexibility index (Phi) is 6.13. The first kappa shape index (κ1) is 18.5. The largest absolute Gasteiger partial charge is 0.492 e. The second-order valence-electron chi connectivity index (χ2n) is 5.33. The van der Waals surface area contributed by atoms with Gasteiger partial charge in [0.05, 0.1) is 29.0 Å². The predicted octanol–water partition coefficient (Wildman–Crippen LogP) is 2.27. The number of hydrogen-bond acceptors (Lipinski definition) is 5. The van der Waals surface area contributed by atoms with E-state index in [2.05, 4.69) is 0 Å². The first-order valence-corrected chi connectivity index (χ1v) is 9.12. The van der Waals surface area contributed by atoms with Crippen molar-refractivity contribution in [1.29, 1.82) is 10.5 Å². The van der Waals surface area contributed by atoms with Crippen LogP contribution in [0.1, 0.15) is 16.7 Å². The average molecular weight is 355 g/mol. The Morgan fingerprint density at radius 3 is 2.36 bits per heavy atom. The Labute approximate surface area is 147 Å². The van der Waals surface area contributed by atoms with E-state index in [0.717, 1.165) is 0 Å². The van der Waals surface area contributed by atoms with Crippen molar-refractivity contribution in [2.45, 2.75) is 5.75 Å². The molecule has 0 amide bonds. The molecule has 2 aromatic rings. The molecule has 0 bridgehead atoms. The summed E-state index contributed by atoms with van der Waals surface area (Å²) in [5.41, 5.74) is 1.36. The third-order valence-electron chi connectivity index (χ3n) is 3.61. The summed E-state index contributed by atoms with van der Waals surface area (Å²) in [4.78, 5) is 0. The van der Waals surface area contributed by atoms with Crippen LogP contribution in [0.2, 0.25) is 0 Å². The van der Waals surface area contributed by atoms with Crippen molar-refractivity contribution >= 4 is 10.0 Å². The van der Waals surface area contributed by atoms with Gasteiger partial charge in [-0.25, -0.2) is 12.7 Å². The maximum Gasteiger partial charge on any atom is 0.218 e. The fourth-order valence-corrected chi connectivity index (χ4v) is 3.34. The molecule has 0 fully saturated rings. The molecule has 0 radical (unpaired) electrons. The third kappa shape index (κ3) is 5.05. The normalized spacial score (nSPS) is 10.9. The van der Waals surface area contributed by atoms with Crippen LogP contribution in [0.3, 0.4) is 0 Å². The maximum atomic E-state index is 12.4. The smallest absolute Gasteiger partial charge is 0.218 e. The highest BCUT2D eigenvalue weighted by Gasteiger charge is 2.20. The lowest BCUT2D eigenvalue weighted by Gasteiger charge is -2.18. The van der Waals surface area contributed by atoms with Gasteiger partial charge >= 0.3 is 0 Å². The zero-order valence-electron chi connectivity index (χ0n) is 13.7. The van der Waals surface area contributed by atoms with Gasteiger partial charge in [0, 0.05) is 13.6 Å². The van der Waals surface area contributed by atoms with Gasteiger partial charge in [-0.05, 0) is 35.9 Å². The molecular weight excluding hydrogens is 338 g/mol. The molecule has 0 heterocycles. The van der Waals surface area contributed by atoms with Gasteiger partial charge in [0.2, 0.25) is 10.0 Å². The van der Waals surface area contributed by atoms with E-state index < -0.39 is 10.0 Å². The fourth-order valence-electron chi connectivity index (χ4n) is 2.12. The van der Waals surface area contributed by atoms with Crippen LogP contribution in [0.5, 0.6) is 5.75 Å². The van der Waals surface area contributed by atoms with Crippen LogP contribution in [0, 0.1) is 22.7 Å². The van der Waals surface area contributed by atoms with Crippen molar-refractivity contribution in [2.24, 2.45) is 0 Å². The highest BCUT2D eigenvalue weighted by Crippen LogP contribution is 2.15. The molecule has 0 aliphatic carbocycles. The molecule has 6 nitrogen and oxygen atoms in total. The Hall–Kier alpha value is -2.87. The Bertz CT molecular complexity index is 910. The monoisotopic (exact) mass is 355 g/mol. The van der Waals surface area contributed by atoms with Gasteiger partial charge in [-0.1, -0.05) is 18.2 Å². The fraction of sp³-hybridized carbons (Fsp3) is 0.222. The molecule has 0 unspecified atom stereocenters. The molecule has 0 aliphatic rings. The van der Waals surface area contributed by atoms with Crippen LogP contribution in [-0.2, 0) is 15.8 Å². The average Bonchev–Trinajstić information content (AvgIpc) is 2.62. The first-order chi connectivity index (χ1) is 12.0. The van der Waals surface area contributed by atoms with Crippen molar-refractivity contribution < 1.29 is 13.2 Å². The maximum absolute atomic E-state index is 12.4. The summed E-state index contributed by atoms with van der Waals surface area (Å²) in [5.74, 6) is 0.337. The number of nitrogens with zero attached hydrogens (tertiary/aromatic N) is 3. The van der Waals surface area contributed by atoms with Crippen LogP contribution < -0.4 is 4.74 Å². The molecule has 0 aromatic heterocycles. The van der Waals surface area contributed by atoms with Crippen molar-refractivity contribution in [3.8, 4) is 17.9 Å². The number of benzene rings is 2. The van der Waals surface area contributed by atoms with Crippen LogP contribution in [-0.4, -0.2) is 32.9 Å². The lowest BCUT2D eigenvalue weighted by molar-refractivity contribution is 0.287. The molecule has 0 atom stereocenters. The number of nitriles is 2. The molecule has 0 N–H and O–H groups in total. The summed E-state index contributed by atoms with van der Waals surface area (Å²) in [5, 5.41) is 17.8. The van der Waals surface area contributed by atoms with Gasteiger partial charge in [-0.3, -0.25) is 0 Å². The van der Waals surface area contributed by atoms with Crippen LogP contribution in [0.25, 0.3) is 0 Å². The van der Waals surface area contributed by atoms with E-state index in [4.69, 9.17) is 15.3 Å². The summed E-state index contributed by atoms with van der Waals surface area (Å²) < 4.78 is 31.5. The highest BCUT2D eigenvalue weighted by atomic mass is 32.2. The standard InChI is InChI=1S/C18H17N3O3S/c1-21(10-11-24-18-8-6-15(12-19)7-9-18)25(22,23)14-17-5-3-2-4-16(17)13-20/h2-9H,10-11,14H2,1H3. The van der Waals surface area contributed by atoms with Gasteiger partial charge < -0.3 is 4.74 Å². The minimum atomic E-state index is -3.55. The predicted molar refractivity (Wildman–Crippen MR) is 93.1 cm³/mol. The lowest BCUT2D eigenvalue weighted by Crippen LogP contribution is -2.32. The van der Waals surface area contributed by atoms with E-state index in [0.29, 0.717) is 22.4 Å². The Morgan fingerprint density at radius 2 is 1.72 bits per heavy atom. The number of hydrogen-bond donors (Lipinski definition) is 0. The van der Waals surface area contributed by atoms with Gasteiger partial charge in [0.1, 0.15) is 12.4 Å². The van der Waals surface area contributed by atoms with Gasteiger partial charge in [-0.2, -0.15) is 10.5 Å². The van der Waals surface area contributed by atoms with E-state index in [1.165, 1.54) is 11.4 Å². The zero-order valence-corrected chi connectivity index (χ0v) is 14.5. The van der Waals surface area contributed by atoms with E-state index in [1.54, 1.807) is 48.5 Å². The second-order valence-corrected chi connectivity index (χ2v) is 7.41. The first-order valence-electron chi connectivity index (χ1n) is 7.51.